The van der Waals surface area contributed by atoms with Gasteiger partial charge in [0.25, 0.3) is 0 Å². The number of carbonyl (C=O) groups excluding carboxylic acids is 1. The van der Waals surface area contributed by atoms with Gasteiger partial charge in [-0.05, 0) is 44.4 Å². The third-order valence-electron chi connectivity index (χ3n) is 5.96. The van der Waals surface area contributed by atoms with Crippen LogP contribution in [0.3, 0.4) is 0 Å². The van der Waals surface area contributed by atoms with E-state index >= 15 is 0 Å². The molecule has 2 saturated heterocycles. The molecule has 1 aromatic heterocycles. The maximum Gasteiger partial charge on any atom is 0.167 e. The van der Waals surface area contributed by atoms with Crippen molar-refractivity contribution in [1.29, 1.82) is 0 Å². The molecule has 2 aliphatic heterocycles. The van der Waals surface area contributed by atoms with E-state index in [0.29, 0.717) is 30.0 Å². The van der Waals surface area contributed by atoms with Crippen LogP contribution < -0.4 is 4.74 Å². The average molecular weight is 350 g/mol. The second-order valence-corrected chi connectivity index (χ2v) is 7.62. The number of Topliss-reactive ketones (excluding diaryl/α,β-unsaturated/α-hetero) is 1. The molecule has 2 fully saturated rings. The summed E-state index contributed by atoms with van der Waals surface area (Å²) in [5.41, 5.74) is 1.79. The summed E-state index contributed by atoms with van der Waals surface area (Å²) < 4.78 is 5.84. The zero-order chi connectivity index (χ0) is 17.9. The van der Waals surface area contributed by atoms with E-state index in [4.69, 9.17) is 4.74 Å². The first-order chi connectivity index (χ1) is 12.7. The van der Waals surface area contributed by atoms with E-state index in [9.17, 15) is 4.79 Å². The Morgan fingerprint density at radius 1 is 1.15 bits per heavy atom. The minimum absolute atomic E-state index is 0.118. The predicted molar refractivity (Wildman–Crippen MR) is 101 cm³/mol. The smallest absolute Gasteiger partial charge is 0.167 e. The van der Waals surface area contributed by atoms with Gasteiger partial charge in [0, 0.05) is 29.8 Å². The molecule has 0 saturated carbocycles. The van der Waals surface area contributed by atoms with Gasteiger partial charge in [0.05, 0.1) is 6.20 Å². The van der Waals surface area contributed by atoms with Crippen molar-refractivity contribution in [2.24, 2.45) is 5.92 Å². The van der Waals surface area contributed by atoms with Crippen LogP contribution in [0.2, 0.25) is 0 Å². The number of piperidine rings is 2. The highest BCUT2D eigenvalue weighted by Crippen LogP contribution is 2.37. The van der Waals surface area contributed by atoms with Crippen molar-refractivity contribution in [1.82, 2.24) is 9.88 Å². The molecule has 0 spiro atoms. The van der Waals surface area contributed by atoms with Crippen molar-refractivity contribution < 1.29 is 9.53 Å². The standard InChI is InChI=1S/C22H26N2O2/c1-24-19-8-5-9-20(24)11-17(10-19)22(25)18-12-21(14-23-13-18)26-15-16-6-3-2-4-7-16/h2-4,6-7,12-14,17,19-20H,5,8-11,15H2,1H3. The normalized spacial score (nSPS) is 25.7. The fourth-order valence-corrected chi connectivity index (χ4v) is 4.44. The molecular formula is C22H26N2O2. The van der Waals surface area contributed by atoms with Gasteiger partial charge in [-0.15, -0.1) is 0 Å². The van der Waals surface area contributed by atoms with Crippen LogP contribution in [0.1, 0.15) is 48.0 Å². The van der Waals surface area contributed by atoms with Crippen molar-refractivity contribution in [3.05, 3.63) is 59.9 Å². The fraction of sp³-hybridized carbons (Fsp3) is 0.455. The van der Waals surface area contributed by atoms with Crippen LogP contribution in [-0.4, -0.2) is 34.8 Å². The molecule has 2 atom stereocenters. The largest absolute Gasteiger partial charge is 0.487 e. The van der Waals surface area contributed by atoms with Gasteiger partial charge >= 0.3 is 0 Å². The van der Waals surface area contributed by atoms with Crippen molar-refractivity contribution in [2.45, 2.75) is 50.8 Å². The lowest BCUT2D eigenvalue weighted by Crippen LogP contribution is -2.51. The molecule has 2 aromatic rings. The summed E-state index contributed by atoms with van der Waals surface area (Å²) >= 11 is 0. The number of ketones is 1. The molecule has 136 valence electrons. The molecule has 2 bridgehead atoms. The van der Waals surface area contributed by atoms with Crippen molar-refractivity contribution in [3.63, 3.8) is 0 Å². The number of carbonyl (C=O) groups is 1. The number of hydrogen-bond acceptors (Lipinski definition) is 4. The lowest BCUT2D eigenvalue weighted by atomic mass is 9.76. The average Bonchev–Trinajstić information content (AvgIpc) is 2.67. The lowest BCUT2D eigenvalue weighted by molar-refractivity contribution is 0.0338. The van der Waals surface area contributed by atoms with Gasteiger partial charge in [-0.1, -0.05) is 36.8 Å². The molecule has 0 N–H and O–H groups in total. The zero-order valence-corrected chi connectivity index (χ0v) is 15.3. The van der Waals surface area contributed by atoms with E-state index in [-0.39, 0.29) is 11.7 Å². The van der Waals surface area contributed by atoms with Crippen LogP contribution in [0.5, 0.6) is 5.75 Å². The van der Waals surface area contributed by atoms with Crippen molar-refractivity contribution >= 4 is 5.78 Å². The number of fused-ring (bicyclic) bond motifs is 2. The second-order valence-electron chi connectivity index (χ2n) is 7.62. The second kappa shape index (κ2) is 7.58. The number of benzene rings is 1. The maximum atomic E-state index is 13.0. The number of nitrogens with zero attached hydrogens (tertiary/aromatic N) is 2. The molecule has 4 heteroatoms. The summed E-state index contributed by atoms with van der Waals surface area (Å²) in [6.45, 7) is 0.485. The van der Waals surface area contributed by atoms with Crippen LogP contribution in [0.15, 0.2) is 48.8 Å². The van der Waals surface area contributed by atoms with Gasteiger partial charge < -0.3 is 9.64 Å². The summed E-state index contributed by atoms with van der Waals surface area (Å²) in [6, 6.07) is 13.0. The topological polar surface area (TPSA) is 42.4 Å². The summed E-state index contributed by atoms with van der Waals surface area (Å²) in [5.74, 6) is 1.01. The molecule has 0 amide bonds. The first-order valence-corrected chi connectivity index (χ1v) is 9.58. The summed E-state index contributed by atoms with van der Waals surface area (Å²) in [4.78, 5) is 19.8. The minimum atomic E-state index is 0.118. The third-order valence-corrected chi connectivity index (χ3v) is 5.96. The van der Waals surface area contributed by atoms with Gasteiger partial charge in [-0.3, -0.25) is 9.78 Å². The first-order valence-electron chi connectivity index (χ1n) is 9.58. The molecule has 0 radical (unpaired) electrons. The molecule has 26 heavy (non-hydrogen) atoms. The minimum Gasteiger partial charge on any atom is -0.487 e. The highest BCUT2D eigenvalue weighted by molar-refractivity contribution is 5.98. The Morgan fingerprint density at radius 3 is 2.62 bits per heavy atom. The van der Waals surface area contributed by atoms with Gasteiger partial charge in [0.2, 0.25) is 0 Å². The molecule has 4 nitrogen and oxygen atoms in total. The Kier molecular flexibility index (Phi) is 5.02. The SMILES string of the molecule is CN1C2CCCC1CC(C(=O)c1cncc(OCc3ccccc3)c1)C2. The molecular weight excluding hydrogens is 324 g/mol. The Balaban J connectivity index is 1.43. The summed E-state index contributed by atoms with van der Waals surface area (Å²) in [6.07, 6.45) is 9.05. The third kappa shape index (κ3) is 3.65. The van der Waals surface area contributed by atoms with Crippen LogP contribution in [0, 0.1) is 5.92 Å². The van der Waals surface area contributed by atoms with Gasteiger partial charge in [0.15, 0.2) is 5.78 Å². The van der Waals surface area contributed by atoms with Gasteiger partial charge in [-0.25, -0.2) is 0 Å². The van der Waals surface area contributed by atoms with E-state index in [1.165, 1.54) is 19.3 Å². The van der Waals surface area contributed by atoms with Crippen molar-refractivity contribution in [3.8, 4) is 5.75 Å². The molecule has 4 rings (SSSR count). The number of ether oxygens (including phenoxy) is 1. The summed E-state index contributed by atoms with van der Waals surface area (Å²) in [7, 11) is 2.22. The fourth-order valence-electron chi connectivity index (χ4n) is 4.44. The highest BCUT2D eigenvalue weighted by atomic mass is 16.5. The van der Waals surface area contributed by atoms with Gasteiger partial charge in [-0.2, -0.15) is 0 Å². The number of pyridine rings is 1. The van der Waals surface area contributed by atoms with E-state index < -0.39 is 0 Å². The first kappa shape index (κ1) is 17.2. The zero-order valence-electron chi connectivity index (χ0n) is 15.3. The Bertz CT molecular complexity index is 748. The van der Waals surface area contributed by atoms with E-state index in [1.54, 1.807) is 12.4 Å². The number of hydrogen-bond donors (Lipinski definition) is 0. The molecule has 2 aliphatic rings. The van der Waals surface area contributed by atoms with Crippen LogP contribution >= 0.6 is 0 Å². The molecule has 0 aliphatic carbocycles. The number of aromatic nitrogens is 1. The Morgan fingerprint density at radius 2 is 1.88 bits per heavy atom. The predicted octanol–water partition coefficient (Wildman–Crippen LogP) is 4.11. The van der Waals surface area contributed by atoms with Crippen molar-refractivity contribution in [2.75, 3.05) is 7.05 Å². The molecule has 1 aromatic carbocycles. The Hall–Kier alpha value is -2.20. The molecule has 3 heterocycles. The highest BCUT2D eigenvalue weighted by Gasteiger charge is 2.38. The molecule has 2 unspecified atom stereocenters. The van der Waals surface area contributed by atoms with Gasteiger partial charge in [0.1, 0.15) is 12.4 Å². The van der Waals surface area contributed by atoms with Crippen LogP contribution in [-0.2, 0) is 6.61 Å². The van der Waals surface area contributed by atoms with Crippen LogP contribution in [0.25, 0.3) is 0 Å². The maximum absolute atomic E-state index is 13.0. The Labute approximate surface area is 155 Å². The lowest BCUT2D eigenvalue weighted by Gasteiger charge is -2.46. The van der Waals surface area contributed by atoms with Crippen LogP contribution in [0.4, 0.5) is 0 Å². The van der Waals surface area contributed by atoms with E-state index in [1.807, 2.05) is 36.4 Å². The summed E-state index contributed by atoms with van der Waals surface area (Å²) in [5, 5.41) is 0. The quantitative estimate of drug-likeness (QED) is 0.761. The van der Waals surface area contributed by atoms with E-state index in [2.05, 4.69) is 16.9 Å². The van der Waals surface area contributed by atoms with E-state index in [0.717, 1.165) is 18.4 Å². The number of rotatable bonds is 5. The monoisotopic (exact) mass is 350 g/mol.